The average molecular weight is 356 g/mol. The molecule has 0 heterocycles. The van der Waals surface area contributed by atoms with Crippen LogP contribution in [-0.2, 0) is 14.4 Å². The zero-order chi connectivity index (χ0) is 19.4. The van der Waals surface area contributed by atoms with Gasteiger partial charge in [0.2, 0.25) is 5.79 Å². The summed E-state index contributed by atoms with van der Waals surface area (Å²) in [7, 11) is 0. The van der Waals surface area contributed by atoms with E-state index in [-0.39, 0.29) is 5.75 Å². The predicted octanol–water partition coefficient (Wildman–Crippen LogP) is -1.49. The quantitative estimate of drug-likeness (QED) is 0.213. The molecule has 0 aliphatic heterocycles. The fourth-order valence-corrected chi connectivity index (χ4v) is 1.90. The third-order valence-electron chi connectivity index (χ3n) is 3.35. The van der Waals surface area contributed by atoms with Crippen LogP contribution in [0.2, 0.25) is 0 Å². The first-order chi connectivity index (χ1) is 11.4. The Morgan fingerprint density at radius 3 is 1.96 bits per heavy atom. The minimum atomic E-state index is -4.19. The van der Waals surface area contributed by atoms with Gasteiger partial charge in [-0.15, -0.1) is 0 Å². The molecule has 0 saturated carbocycles. The second-order valence-electron chi connectivity index (χ2n) is 5.18. The largest absolute Gasteiger partial charge is 0.508 e. The van der Waals surface area contributed by atoms with Gasteiger partial charge >= 0.3 is 17.7 Å². The van der Waals surface area contributed by atoms with E-state index in [0.717, 1.165) is 12.2 Å². The molecule has 0 spiro atoms. The number of benzene rings is 1. The van der Waals surface area contributed by atoms with E-state index >= 15 is 0 Å². The Labute approximate surface area is 140 Å². The van der Waals surface area contributed by atoms with Gasteiger partial charge in [-0.2, -0.15) is 0 Å². The van der Waals surface area contributed by atoms with Gasteiger partial charge in [0.25, 0.3) is 0 Å². The molecule has 1 unspecified atom stereocenters. The second-order valence-corrected chi connectivity index (χ2v) is 5.18. The molecular weight excluding hydrogens is 340 g/mol. The van der Waals surface area contributed by atoms with Crippen molar-refractivity contribution in [2.24, 2.45) is 5.92 Å². The fraction of sp³-hybridized carbons (Fsp3) is 0.267. The van der Waals surface area contributed by atoms with Gasteiger partial charge in [-0.1, -0.05) is 18.2 Å². The lowest BCUT2D eigenvalue weighted by Gasteiger charge is -2.35. The Balaban J connectivity index is 3.17. The van der Waals surface area contributed by atoms with Crippen molar-refractivity contribution in [3.8, 4) is 5.75 Å². The molecule has 1 aromatic carbocycles. The summed E-state index contributed by atoms with van der Waals surface area (Å²) >= 11 is 0. The highest BCUT2D eigenvalue weighted by Gasteiger charge is 2.60. The third kappa shape index (κ3) is 4.61. The van der Waals surface area contributed by atoms with Gasteiger partial charge in [-0.05, 0) is 23.8 Å². The lowest BCUT2D eigenvalue weighted by molar-refractivity contribution is -0.357. The zero-order valence-electron chi connectivity index (χ0n) is 12.6. The maximum absolute atomic E-state index is 12.1. The van der Waals surface area contributed by atoms with Crippen LogP contribution in [0.3, 0.4) is 0 Å². The Morgan fingerprint density at radius 1 is 1.00 bits per heavy atom. The number of ketones is 1. The number of hydrogen-bond acceptors (Lipinski definition) is 8. The summed E-state index contributed by atoms with van der Waals surface area (Å²) in [5, 5.41) is 64.7. The summed E-state index contributed by atoms with van der Waals surface area (Å²) in [6.45, 7) is 0. The molecule has 0 aliphatic carbocycles. The van der Waals surface area contributed by atoms with Crippen LogP contribution >= 0.6 is 0 Å². The lowest BCUT2D eigenvalue weighted by atomic mass is 9.84. The Bertz CT molecular complexity index is 687. The molecule has 0 radical (unpaired) electrons. The Kier molecular flexibility index (Phi) is 6.00. The van der Waals surface area contributed by atoms with Gasteiger partial charge in [0.1, 0.15) is 5.75 Å². The summed E-state index contributed by atoms with van der Waals surface area (Å²) in [6.07, 6.45) is 0.574. The highest BCUT2D eigenvalue weighted by molar-refractivity contribution is 5.98. The number of carbonyl (C=O) groups is 3. The molecule has 0 aromatic heterocycles. The van der Waals surface area contributed by atoms with E-state index in [4.69, 9.17) is 15.3 Å². The Hall–Kier alpha value is -2.79. The van der Waals surface area contributed by atoms with E-state index in [1.54, 1.807) is 0 Å². The summed E-state index contributed by atoms with van der Waals surface area (Å²) in [5.41, 5.74) is 0.374. The highest BCUT2D eigenvalue weighted by atomic mass is 16.6. The summed E-state index contributed by atoms with van der Waals surface area (Å²) in [6, 6.07) is 5.35. The van der Waals surface area contributed by atoms with Crippen LogP contribution in [0, 0.1) is 5.92 Å². The first-order valence-electron chi connectivity index (χ1n) is 6.75. The molecule has 0 saturated heterocycles. The van der Waals surface area contributed by atoms with Crippen LogP contribution in [0.15, 0.2) is 30.3 Å². The zero-order valence-corrected chi connectivity index (χ0v) is 12.6. The smallest absolute Gasteiger partial charge is 0.370 e. The van der Waals surface area contributed by atoms with Gasteiger partial charge in [-0.25, -0.2) is 4.79 Å². The maximum Gasteiger partial charge on any atom is 0.370 e. The van der Waals surface area contributed by atoms with E-state index in [9.17, 15) is 34.8 Å². The van der Waals surface area contributed by atoms with Crippen molar-refractivity contribution in [2.45, 2.75) is 18.0 Å². The number of aromatic hydroxyl groups is 1. The van der Waals surface area contributed by atoms with Crippen molar-refractivity contribution in [1.29, 1.82) is 0 Å². The molecule has 136 valence electrons. The van der Waals surface area contributed by atoms with Crippen molar-refractivity contribution in [3.05, 3.63) is 35.9 Å². The van der Waals surface area contributed by atoms with Gasteiger partial charge in [0.15, 0.2) is 5.78 Å². The van der Waals surface area contributed by atoms with Crippen molar-refractivity contribution >= 4 is 23.8 Å². The summed E-state index contributed by atoms with van der Waals surface area (Å²) < 4.78 is 0. The number of allylic oxidation sites excluding steroid dienone is 1. The number of carboxylic acid groups (broad SMARTS) is 2. The van der Waals surface area contributed by atoms with Crippen LogP contribution in [0.1, 0.15) is 12.0 Å². The number of rotatable bonds is 8. The number of hydrogen-bond donors (Lipinski definition) is 7. The van der Waals surface area contributed by atoms with Gasteiger partial charge in [-0.3, -0.25) is 9.59 Å². The van der Waals surface area contributed by atoms with Crippen molar-refractivity contribution < 1.29 is 50.1 Å². The number of carbonyl (C=O) groups excluding carboxylic acids is 1. The van der Waals surface area contributed by atoms with E-state index in [0.29, 0.717) is 5.56 Å². The molecule has 10 nitrogen and oxygen atoms in total. The van der Waals surface area contributed by atoms with Gasteiger partial charge in [0.05, 0.1) is 12.3 Å². The van der Waals surface area contributed by atoms with Crippen LogP contribution in [0.4, 0.5) is 0 Å². The molecule has 0 amide bonds. The molecule has 10 heteroatoms. The van der Waals surface area contributed by atoms with E-state index in [1.807, 2.05) is 0 Å². The van der Waals surface area contributed by atoms with Crippen LogP contribution in [0.5, 0.6) is 5.75 Å². The standard InChI is InChI=1S/C15H16O10/c16-9-4-1-8(2-5-9)3-6-11(17)10(7-12(18)19)14(22,23)15(24,25)13(20)21/h1-6,10,16,22-25H,7H2,(H,18,19)(H,20,21)/b6-3+. The number of carboxylic acids is 2. The molecule has 1 aromatic rings. The maximum atomic E-state index is 12.1. The highest BCUT2D eigenvalue weighted by Crippen LogP contribution is 2.30. The fourth-order valence-electron chi connectivity index (χ4n) is 1.90. The topological polar surface area (TPSA) is 193 Å². The molecular formula is C15H16O10. The van der Waals surface area contributed by atoms with Gasteiger partial charge in [0, 0.05) is 0 Å². The van der Waals surface area contributed by atoms with Crippen molar-refractivity contribution in [2.75, 3.05) is 0 Å². The van der Waals surface area contributed by atoms with Crippen LogP contribution in [-0.4, -0.2) is 65.0 Å². The summed E-state index contributed by atoms with van der Waals surface area (Å²) in [5.74, 6) is -16.1. The number of aliphatic carboxylic acids is 2. The second kappa shape index (κ2) is 7.40. The Morgan fingerprint density at radius 2 is 1.52 bits per heavy atom. The molecule has 0 bridgehead atoms. The summed E-state index contributed by atoms with van der Waals surface area (Å²) in [4.78, 5) is 33.7. The van der Waals surface area contributed by atoms with Gasteiger partial charge < -0.3 is 35.7 Å². The molecule has 0 fully saturated rings. The predicted molar refractivity (Wildman–Crippen MR) is 79.9 cm³/mol. The number of phenolic OH excluding ortho intramolecular Hbond substituents is 1. The first kappa shape index (κ1) is 20.3. The van der Waals surface area contributed by atoms with Crippen LogP contribution < -0.4 is 0 Å². The normalized spacial score (nSPS) is 13.6. The number of phenols is 1. The third-order valence-corrected chi connectivity index (χ3v) is 3.35. The lowest BCUT2D eigenvalue weighted by Crippen LogP contribution is -2.64. The van der Waals surface area contributed by atoms with Crippen molar-refractivity contribution in [1.82, 2.24) is 0 Å². The van der Waals surface area contributed by atoms with Crippen molar-refractivity contribution in [3.63, 3.8) is 0 Å². The molecule has 7 N–H and O–H groups in total. The monoisotopic (exact) mass is 356 g/mol. The minimum absolute atomic E-state index is 0.0521. The first-order valence-corrected chi connectivity index (χ1v) is 6.75. The average Bonchev–Trinajstić information content (AvgIpc) is 2.51. The number of aliphatic hydroxyl groups is 4. The van der Waals surface area contributed by atoms with Crippen LogP contribution in [0.25, 0.3) is 6.08 Å². The molecule has 25 heavy (non-hydrogen) atoms. The van der Waals surface area contributed by atoms with E-state index in [2.05, 4.69) is 0 Å². The molecule has 1 rings (SSSR count). The van der Waals surface area contributed by atoms with E-state index < -0.39 is 41.6 Å². The SMILES string of the molecule is O=C(O)CC(C(=O)/C=C/c1ccc(O)cc1)C(O)(O)C(O)(O)C(=O)O. The van der Waals surface area contributed by atoms with E-state index in [1.165, 1.54) is 24.3 Å². The molecule has 0 aliphatic rings. The minimum Gasteiger partial charge on any atom is -0.508 e. The molecule has 1 atom stereocenters.